The Labute approximate surface area is 114 Å². The summed E-state index contributed by atoms with van der Waals surface area (Å²) in [5.74, 6) is 0.618. The van der Waals surface area contributed by atoms with Crippen LogP contribution in [0.2, 0.25) is 0 Å². The fraction of sp³-hybridized carbons (Fsp3) is 0.273. The van der Waals surface area contributed by atoms with Crippen molar-refractivity contribution in [2.24, 2.45) is 0 Å². The van der Waals surface area contributed by atoms with Crippen molar-refractivity contribution in [2.45, 2.75) is 18.7 Å². The van der Waals surface area contributed by atoms with Crippen molar-refractivity contribution in [3.8, 4) is 5.75 Å². The van der Waals surface area contributed by atoms with Crippen LogP contribution in [0.5, 0.6) is 5.75 Å². The van der Waals surface area contributed by atoms with Gasteiger partial charge in [-0.25, -0.2) is 8.42 Å². The van der Waals surface area contributed by atoms with Crippen LogP contribution in [-0.2, 0) is 9.05 Å². The van der Waals surface area contributed by atoms with Gasteiger partial charge in [-0.2, -0.15) is 0 Å². The molecule has 0 amide bonds. The van der Waals surface area contributed by atoms with Gasteiger partial charge in [0.15, 0.2) is 0 Å². The Bertz CT molecular complexity index is 552. The number of halogens is 2. The van der Waals surface area contributed by atoms with Crippen LogP contribution in [0.15, 0.2) is 28.1 Å². The molecule has 0 saturated heterocycles. The van der Waals surface area contributed by atoms with E-state index in [9.17, 15) is 8.42 Å². The second-order valence-electron chi connectivity index (χ2n) is 3.56. The molecule has 17 heavy (non-hydrogen) atoms. The highest BCUT2D eigenvalue weighted by Gasteiger charge is 2.16. The van der Waals surface area contributed by atoms with Crippen molar-refractivity contribution in [3.63, 3.8) is 0 Å². The Morgan fingerprint density at radius 1 is 1.41 bits per heavy atom. The van der Waals surface area contributed by atoms with Crippen LogP contribution in [-0.4, -0.2) is 15.0 Å². The van der Waals surface area contributed by atoms with Gasteiger partial charge in [0, 0.05) is 15.2 Å². The molecule has 0 atom stereocenters. The zero-order valence-corrected chi connectivity index (χ0v) is 12.6. The molecule has 0 aromatic heterocycles. The van der Waals surface area contributed by atoms with Gasteiger partial charge in [-0.1, -0.05) is 22.5 Å². The smallest absolute Gasteiger partial charge is 0.261 e. The molecule has 0 heterocycles. The molecule has 0 aliphatic carbocycles. The first kappa shape index (κ1) is 14.5. The molecular weight excluding hydrogens is 328 g/mol. The minimum Gasteiger partial charge on any atom is -0.488 e. The summed E-state index contributed by atoms with van der Waals surface area (Å²) in [6.45, 7) is 7.46. The summed E-state index contributed by atoms with van der Waals surface area (Å²) in [4.78, 5) is 0.113. The maximum atomic E-state index is 11.3. The van der Waals surface area contributed by atoms with Crippen LogP contribution >= 0.6 is 26.6 Å². The van der Waals surface area contributed by atoms with E-state index in [4.69, 9.17) is 15.4 Å². The topological polar surface area (TPSA) is 43.4 Å². The van der Waals surface area contributed by atoms with E-state index in [2.05, 4.69) is 22.5 Å². The van der Waals surface area contributed by atoms with E-state index in [1.165, 1.54) is 6.07 Å². The summed E-state index contributed by atoms with van der Waals surface area (Å²) in [6.07, 6.45) is 0. The number of hydrogen-bond donors (Lipinski definition) is 0. The van der Waals surface area contributed by atoms with Gasteiger partial charge in [0.25, 0.3) is 9.05 Å². The number of rotatable bonds is 4. The van der Waals surface area contributed by atoms with Crippen LogP contribution < -0.4 is 4.74 Å². The fourth-order valence-corrected chi connectivity index (χ4v) is 2.71. The summed E-state index contributed by atoms with van der Waals surface area (Å²) >= 11 is 3.18. The van der Waals surface area contributed by atoms with E-state index < -0.39 is 9.05 Å². The van der Waals surface area contributed by atoms with E-state index >= 15 is 0 Å². The first-order valence-corrected chi connectivity index (χ1v) is 7.84. The van der Waals surface area contributed by atoms with Gasteiger partial charge >= 0.3 is 0 Å². The van der Waals surface area contributed by atoms with Gasteiger partial charge in [-0.05, 0) is 37.1 Å². The molecule has 0 bridgehead atoms. The third kappa shape index (κ3) is 3.72. The molecule has 0 unspecified atom stereocenters. The van der Waals surface area contributed by atoms with E-state index in [0.29, 0.717) is 22.4 Å². The molecule has 0 aliphatic rings. The molecule has 3 nitrogen and oxygen atoms in total. The van der Waals surface area contributed by atoms with Crippen LogP contribution in [0.3, 0.4) is 0 Å². The molecule has 0 aliphatic heterocycles. The third-order valence-electron chi connectivity index (χ3n) is 2.33. The van der Waals surface area contributed by atoms with Crippen molar-refractivity contribution >= 4 is 35.7 Å². The SMILES string of the molecule is C=C(Br)COc1ccc(S(=O)(=O)Cl)c(C)c1C. The van der Waals surface area contributed by atoms with Crippen LogP contribution in [0.25, 0.3) is 0 Å². The molecular formula is C11H12BrClO3S. The van der Waals surface area contributed by atoms with Gasteiger partial charge < -0.3 is 4.74 Å². The van der Waals surface area contributed by atoms with Gasteiger partial charge in [0.05, 0.1) is 4.90 Å². The van der Waals surface area contributed by atoms with Crippen molar-refractivity contribution in [3.05, 3.63) is 34.3 Å². The second kappa shape index (κ2) is 5.42. The van der Waals surface area contributed by atoms with E-state index in [1.54, 1.807) is 19.9 Å². The molecule has 94 valence electrons. The summed E-state index contributed by atoms with van der Waals surface area (Å²) < 4.78 is 28.7. The average molecular weight is 340 g/mol. The molecule has 0 radical (unpaired) electrons. The van der Waals surface area contributed by atoms with E-state index in [0.717, 1.165) is 5.56 Å². The Balaban J connectivity index is 3.16. The highest BCUT2D eigenvalue weighted by molar-refractivity contribution is 9.11. The standard InChI is InChI=1S/C11H12BrClO3S/c1-7(12)6-16-10-4-5-11(17(13,14)15)9(3)8(10)2/h4-5H,1,6H2,2-3H3. The zero-order valence-electron chi connectivity index (χ0n) is 9.46. The maximum Gasteiger partial charge on any atom is 0.261 e. The molecule has 0 fully saturated rings. The summed E-state index contributed by atoms with van der Waals surface area (Å²) in [7, 11) is 1.61. The molecule has 6 heteroatoms. The van der Waals surface area contributed by atoms with Crippen LogP contribution in [0.4, 0.5) is 0 Å². The van der Waals surface area contributed by atoms with Gasteiger partial charge in [-0.3, -0.25) is 0 Å². The minimum atomic E-state index is -3.71. The molecule has 1 aromatic rings. The van der Waals surface area contributed by atoms with Crippen LogP contribution in [0.1, 0.15) is 11.1 Å². The first-order valence-electron chi connectivity index (χ1n) is 4.74. The second-order valence-corrected chi connectivity index (χ2v) is 7.21. The van der Waals surface area contributed by atoms with Gasteiger partial charge in [-0.15, -0.1) is 0 Å². The molecule has 0 saturated carbocycles. The predicted octanol–water partition coefficient (Wildman–Crippen LogP) is 3.52. The lowest BCUT2D eigenvalue weighted by Gasteiger charge is -2.12. The van der Waals surface area contributed by atoms with Crippen LogP contribution in [0, 0.1) is 13.8 Å². The Hall–Kier alpha value is -0.520. The van der Waals surface area contributed by atoms with Crippen molar-refractivity contribution in [2.75, 3.05) is 6.61 Å². The van der Waals surface area contributed by atoms with Crippen molar-refractivity contribution < 1.29 is 13.2 Å². The minimum absolute atomic E-state index is 0.113. The first-order chi connectivity index (χ1) is 7.73. The molecule has 0 spiro atoms. The Morgan fingerprint density at radius 2 is 2.00 bits per heavy atom. The number of benzene rings is 1. The highest BCUT2D eigenvalue weighted by atomic mass is 79.9. The lowest BCUT2D eigenvalue weighted by molar-refractivity contribution is 0.357. The lowest BCUT2D eigenvalue weighted by Crippen LogP contribution is -2.02. The fourth-order valence-electron chi connectivity index (χ4n) is 1.35. The lowest BCUT2D eigenvalue weighted by atomic mass is 10.1. The number of hydrogen-bond acceptors (Lipinski definition) is 3. The average Bonchev–Trinajstić information content (AvgIpc) is 2.18. The van der Waals surface area contributed by atoms with Crippen molar-refractivity contribution in [1.82, 2.24) is 0 Å². The van der Waals surface area contributed by atoms with E-state index in [1.807, 2.05) is 0 Å². The predicted molar refractivity (Wildman–Crippen MR) is 72.5 cm³/mol. The number of ether oxygens (including phenoxy) is 1. The van der Waals surface area contributed by atoms with Gasteiger partial charge in [0.1, 0.15) is 12.4 Å². The zero-order chi connectivity index (χ0) is 13.2. The normalized spacial score (nSPS) is 11.3. The third-order valence-corrected chi connectivity index (χ3v) is 4.03. The highest BCUT2D eigenvalue weighted by Crippen LogP contribution is 2.29. The monoisotopic (exact) mass is 338 g/mol. The molecule has 1 rings (SSSR count). The van der Waals surface area contributed by atoms with E-state index in [-0.39, 0.29) is 4.90 Å². The summed E-state index contributed by atoms with van der Waals surface area (Å²) in [5.41, 5.74) is 1.35. The molecule has 1 aromatic carbocycles. The largest absolute Gasteiger partial charge is 0.488 e. The summed E-state index contributed by atoms with van der Waals surface area (Å²) in [6, 6.07) is 3.03. The quantitative estimate of drug-likeness (QED) is 0.788. The van der Waals surface area contributed by atoms with Crippen molar-refractivity contribution in [1.29, 1.82) is 0 Å². The molecule has 0 N–H and O–H groups in total. The summed E-state index contributed by atoms with van der Waals surface area (Å²) in [5, 5.41) is 0. The Morgan fingerprint density at radius 3 is 2.47 bits per heavy atom. The van der Waals surface area contributed by atoms with Gasteiger partial charge in [0.2, 0.25) is 0 Å². The Kier molecular flexibility index (Phi) is 4.63. The maximum absolute atomic E-state index is 11.3.